The van der Waals surface area contributed by atoms with Gasteiger partial charge in [0.15, 0.2) is 0 Å². The third-order valence-corrected chi connectivity index (χ3v) is 2.96. The lowest BCUT2D eigenvalue weighted by atomic mass is 10.2. The maximum Gasteiger partial charge on any atom is 0.425 e. The lowest BCUT2D eigenvalue weighted by Crippen LogP contribution is -2.34. The molecule has 1 aromatic heterocycles. The van der Waals surface area contributed by atoms with Crippen molar-refractivity contribution in [1.29, 1.82) is 0 Å². The quantitative estimate of drug-likeness (QED) is 0.841. The Hall–Kier alpha value is -2.78. The molecule has 124 valence electrons. The molecule has 7 nitrogen and oxygen atoms in total. The summed E-state index contributed by atoms with van der Waals surface area (Å²) in [4.78, 5) is 27.1. The largest absolute Gasteiger partial charge is 0.449 e. The van der Waals surface area contributed by atoms with Crippen LogP contribution in [0, 0.1) is 0 Å². The number of hydrogen-bond acceptors (Lipinski definition) is 5. The van der Waals surface area contributed by atoms with Crippen molar-refractivity contribution in [3.05, 3.63) is 34.1 Å². The molecule has 1 heterocycles. The summed E-state index contributed by atoms with van der Waals surface area (Å²) in [6.45, 7) is 1.71. The van der Waals surface area contributed by atoms with E-state index < -0.39 is 23.4 Å². The lowest BCUT2D eigenvalue weighted by molar-refractivity contribution is -0.137. The van der Waals surface area contributed by atoms with Gasteiger partial charge >= 0.3 is 12.3 Å². The number of benzene rings is 1. The first-order chi connectivity index (χ1) is 10.7. The van der Waals surface area contributed by atoms with Gasteiger partial charge < -0.3 is 9.30 Å². The summed E-state index contributed by atoms with van der Waals surface area (Å²) in [5.41, 5.74) is 2.98. The van der Waals surface area contributed by atoms with Crippen molar-refractivity contribution in [3.8, 4) is 0 Å². The standard InChI is InChI=1S/C13H13F3N4O3/c1-3-23-12(22)19-18-10-11(21)20(2)9-5-4-7(13(14,15)16)6-8(9)17-10/h4-6H,3H2,1-2H3,(H,17,18)(H,19,22). The van der Waals surface area contributed by atoms with Crippen LogP contribution in [0.2, 0.25) is 0 Å². The van der Waals surface area contributed by atoms with E-state index in [0.717, 1.165) is 22.8 Å². The van der Waals surface area contributed by atoms with Crippen LogP contribution < -0.4 is 16.4 Å². The second kappa shape index (κ2) is 6.15. The molecule has 0 aliphatic carbocycles. The van der Waals surface area contributed by atoms with Crippen molar-refractivity contribution in [2.24, 2.45) is 7.05 Å². The van der Waals surface area contributed by atoms with Gasteiger partial charge in [-0.25, -0.2) is 15.2 Å². The molecule has 0 radical (unpaired) electrons. The number of aryl methyl sites for hydroxylation is 1. The maximum absolute atomic E-state index is 12.7. The maximum atomic E-state index is 12.7. The average molecular weight is 330 g/mol. The van der Waals surface area contributed by atoms with Crippen LogP contribution in [-0.4, -0.2) is 22.3 Å². The Labute approximate surface area is 128 Å². The minimum atomic E-state index is -4.53. The Morgan fingerprint density at radius 1 is 1.39 bits per heavy atom. The van der Waals surface area contributed by atoms with Crippen LogP contribution in [0.3, 0.4) is 0 Å². The number of nitrogens with one attached hydrogen (secondary N) is 2. The summed E-state index contributed by atoms with van der Waals surface area (Å²) in [7, 11) is 1.38. The van der Waals surface area contributed by atoms with E-state index in [1.54, 1.807) is 6.92 Å². The number of carbonyl (C=O) groups excluding carboxylic acids is 1. The van der Waals surface area contributed by atoms with E-state index in [4.69, 9.17) is 0 Å². The second-order valence-corrected chi connectivity index (χ2v) is 4.50. The minimum Gasteiger partial charge on any atom is -0.449 e. The average Bonchev–Trinajstić information content (AvgIpc) is 2.48. The van der Waals surface area contributed by atoms with Gasteiger partial charge in [0.25, 0.3) is 5.56 Å². The van der Waals surface area contributed by atoms with Crippen molar-refractivity contribution in [2.75, 3.05) is 12.0 Å². The highest BCUT2D eigenvalue weighted by atomic mass is 19.4. The normalized spacial score (nSPS) is 11.3. The number of hydrogen-bond donors (Lipinski definition) is 2. The van der Waals surface area contributed by atoms with Gasteiger partial charge in [0.1, 0.15) is 0 Å². The number of ether oxygens (including phenoxy) is 1. The molecule has 0 bridgehead atoms. The first-order valence-electron chi connectivity index (χ1n) is 6.50. The smallest absolute Gasteiger partial charge is 0.425 e. The summed E-state index contributed by atoms with van der Waals surface area (Å²) in [5.74, 6) is -0.327. The van der Waals surface area contributed by atoms with Crippen LogP contribution in [0.5, 0.6) is 0 Å². The van der Waals surface area contributed by atoms with Gasteiger partial charge in [-0.3, -0.25) is 10.2 Å². The summed E-state index contributed by atoms with van der Waals surface area (Å²) < 4.78 is 44.0. The number of hydrazine groups is 1. The zero-order valence-corrected chi connectivity index (χ0v) is 12.2. The van der Waals surface area contributed by atoms with Crippen LogP contribution >= 0.6 is 0 Å². The van der Waals surface area contributed by atoms with Crippen LogP contribution in [-0.2, 0) is 18.0 Å². The van der Waals surface area contributed by atoms with E-state index in [0.29, 0.717) is 0 Å². The summed E-state index contributed by atoms with van der Waals surface area (Å²) >= 11 is 0. The molecule has 2 N–H and O–H groups in total. The second-order valence-electron chi connectivity index (χ2n) is 4.50. The molecule has 1 amide bonds. The third-order valence-electron chi connectivity index (χ3n) is 2.96. The molecule has 0 spiro atoms. The van der Waals surface area contributed by atoms with Crippen molar-refractivity contribution < 1.29 is 22.7 Å². The van der Waals surface area contributed by atoms with Crippen molar-refractivity contribution in [1.82, 2.24) is 15.0 Å². The Balaban J connectivity index is 2.44. The zero-order valence-electron chi connectivity index (χ0n) is 12.2. The summed E-state index contributed by atoms with van der Waals surface area (Å²) in [6.07, 6.45) is -5.37. The van der Waals surface area contributed by atoms with Crippen LogP contribution in [0.4, 0.5) is 23.8 Å². The monoisotopic (exact) mass is 330 g/mol. The minimum absolute atomic E-state index is 0.0462. The number of nitrogens with zero attached hydrogens (tertiary/aromatic N) is 2. The number of alkyl halides is 3. The molecule has 1 aromatic carbocycles. The third kappa shape index (κ3) is 3.52. The first kappa shape index (κ1) is 16.6. The van der Waals surface area contributed by atoms with Gasteiger partial charge in [-0.05, 0) is 25.1 Å². The zero-order chi connectivity index (χ0) is 17.2. The number of anilines is 1. The number of rotatable bonds is 3. The van der Waals surface area contributed by atoms with Gasteiger partial charge in [-0.1, -0.05) is 0 Å². The van der Waals surface area contributed by atoms with Crippen LogP contribution in [0.25, 0.3) is 11.0 Å². The fourth-order valence-corrected chi connectivity index (χ4v) is 1.87. The van der Waals surface area contributed by atoms with Gasteiger partial charge in [-0.2, -0.15) is 13.2 Å². The Morgan fingerprint density at radius 3 is 2.70 bits per heavy atom. The van der Waals surface area contributed by atoms with Crippen molar-refractivity contribution >= 4 is 22.9 Å². The number of fused-ring (bicyclic) bond motifs is 1. The van der Waals surface area contributed by atoms with Gasteiger partial charge in [0, 0.05) is 7.05 Å². The number of carbonyl (C=O) groups is 1. The highest BCUT2D eigenvalue weighted by Crippen LogP contribution is 2.30. The molecular formula is C13H13F3N4O3. The van der Waals surface area contributed by atoms with Gasteiger partial charge in [-0.15, -0.1) is 0 Å². The molecule has 0 aliphatic rings. The molecule has 0 fully saturated rings. The molecule has 23 heavy (non-hydrogen) atoms. The molecule has 10 heteroatoms. The predicted octanol–water partition coefficient (Wildman–Crippen LogP) is 2.03. The molecule has 0 unspecified atom stereocenters. The number of amides is 1. The van der Waals surface area contributed by atoms with E-state index in [2.05, 4.69) is 20.6 Å². The number of aromatic nitrogens is 2. The Morgan fingerprint density at radius 2 is 2.09 bits per heavy atom. The first-order valence-corrected chi connectivity index (χ1v) is 6.50. The highest BCUT2D eigenvalue weighted by Gasteiger charge is 2.30. The van der Waals surface area contributed by atoms with E-state index >= 15 is 0 Å². The molecule has 0 saturated carbocycles. The van der Waals surface area contributed by atoms with Crippen molar-refractivity contribution in [2.45, 2.75) is 13.1 Å². The molecule has 0 atom stereocenters. The Kier molecular flexibility index (Phi) is 4.43. The lowest BCUT2D eigenvalue weighted by Gasteiger charge is -2.12. The van der Waals surface area contributed by atoms with E-state index in [-0.39, 0.29) is 23.5 Å². The SMILES string of the molecule is CCOC(=O)NNc1nc2cc(C(F)(F)F)ccc2n(C)c1=O. The highest BCUT2D eigenvalue weighted by molar-refractivity contribution is 5.77. The topological polar surface area (TPSA) is 85.2 Å². The molecule has 0 saturated heterocycles. The summed E-state index contributed by atoms with van der Waals surface area (Å²) in [5, 5.41) is 0. The van der Waals surface area contributed by atoms with E-state index in [1.165, 1.54) is 7.05 Å². The van der Waals surface area contributed by atoms with Crippen LogP contribution in [0.15, 0.2) is 23.0 Å². The molecule has 0 aliphatic heterocycles. The number of halogens is 3. The summed E-state index contributed by atoms with van der Waals surface area (Å²) in [6, 6.07) is 2.85. The van der Waals surface area contributed by atoms with Gasteiger partial charge in [0.05, 0.1) is 23.2 Å². The molecule has 2 aromatic rings. The van der Waals surface area contributed by atoms with Crippen molar-refractivity contribution in [3.63, 3.8) is 0 Å². The predicted molar refractivity (Wildman–Crippen MR) is 75.8 cm³/mol. The fourth-order valence-electron chi connectivity index (χ4n) is 1.87. The van der Waals surface area contributed by atoms with E-state index in [1.807, 2.05) is 0 Å². The Bertz CT molecular complexity index is 801. The molecular weight excluding hydrogens is 317 g/mol. The van der Waals surface area contributed by atoms with Crippen LogP contribution in [0.1, 0.15) is 12.5 Å². The van der Waals surface area contributed by atoms with Gasteiger partial charge in [0.2, 0.25) is 5.82 Å². The fraction of sp³-hybridized carbons (Fsp3) is 0.308. The molecule has 2 rings (SSSR count). The van der Waals surface area contributed by atoms with E-state index in [9.17, 15) is 22.8 Å².